The number of hydrogen-bond acceptors (Lipinski definition) is 3. The van der Waals surface area contributed by atoms with E-state index in [0.717, 1.165) is 0 Å². The summed E-state index contributed by atoms with van der Waals surface area (Å²) in [6, 6.07) is 10.0. The molecule has 6 heteroatoms. The number of fused-ring (bicyclic) bond motifs is 2. The average Bonchev–Trinajstić information content (AvgIpc) is 2.57. The van der Waals surface area contributed by atoms with Crippen LogP contribution in [0.2, 0.25) is 5.02 Å². The molecular formula is C18H14ClNO4. The third-order valence-corrected chi connectivity index (χ3v) is 3.97. The van der Waals surface area contributed by atoms with E-state index in [-0.39, 0.29) is 24.3 Å². The minimum atomic E-state index is -1.03. The molecule has 0 unspecified atom stereocenters. The lowest BCUT2D eigenvalue weighted by Gasteiger charge is -2.17. The summed E-state index contributed by atoms with van der Waals surface area (Å²) in [5.41, 5.74) is 0.695. The largest absolute Gasteiger partial charge is 0.486 e. The fourth-order valence-corrected chi connectivity index (χ4v) is 2.95. The van der Waals surface area contributed by atoms with Crippen LogP contribution in [-0.2, 0) is 11.3 Å². The predicted molar refractivity (Wildman–Crippen MR) is 94.1 cm³/mol. The maximum absolute atomic E-state index is 12.8. The Balaban J connectivity index is 2.52. The highest BCUT2D eigenvalue weighted by atomic mass is 35.5. The van der Waals surface area contributed by atoms with Crippen LogP contribution in [0.1, 0.15) is 0 Å². The van der Waals surface area contributed by atoms with Gasteiger partial charge in [0.2, 0.25) is 0 Å². The normalized spacial score (nSPS) is 10.9. The van der Waals surface area contributed by atoms with Gasteiger partial charge in [0.1, 0.15) is 13.2 Å². The zero-order valence-electron chi connectivity index (χ0n) is 12.7. The van der Waals surface area contributed by atoms with Crippen LogP contribution in [0.4, 0.5) is 0 Å². The van der Waals surface area contributed by atoms with Gasteiger partial charge in [0, 0.05) is 5.39 Å². The molecule has 122 valence electrons. The number of carboxylic acid groups (broad SMARTS) is 1. The van der Waals surface area contributed by atoms with E-state index in [0.29, 0.717) is 26.8 Å². The summed E-state index contributed by atoms with van der Waals surface area (Å²) >= 11 is 6.23. The van der Waals surface area contributed by atoms with Crippen LogP contribution < -0.4 is 10.2 Å². The molecule has 0 saturated heterocycles. The number of benzene rings is 2. The second-order valence-corrected chi connectivity index (χ2v) is 5.61. The number of pyridine rings is 1. The first kappa shape index (κ1) is 16.1. The van der Waals surface area contributed by atoms with Crippen LogP contribution in [0.5, 0.6) is 5.75 Å². The molecule has 3 rings (SSSR count). The van der Waals surface area contributed by atoms with Crippen molar-refractivity contribution in [3.8, 4) is 5.75 Å². The number of carboxylic acids is 1. The predicted octanol–water partition coefficient (Wildman–Crippen LogP) is 3.46. The molecule has 24 heavy (non-hydrogen) atoms. The van der Waals surface area contributed by atoms with Crippen molar-refractivity contribution in [3.63, 3.8) is 0 Å². The number of rotatable bonds is 5. The number of hydrogen-bond donors (Lipinski definition) is 1. The molecule has 0 bridgehead atoms. The number of para-hydroxylation sites is 1. The lowest BCUT2D eigenvalue weighted by atomic mass is 10.1. The van der Waals surface area contributed by atoms with Gasteiger partial charge in [0.25, 0.3) is 0 Å². The van der Waals surface area contributed by atoms with Gasteiger partial charge < -0.3 is 14.4 Å². The van der Waals surface area contributed by atoms with Gasteiger partial charge in [-0.05, 0) is 24.3 Å². The first-order valence-corrected chi connectivity index (χ1v) is 7.61. The first-order chi connectivity index (χ1) is 11.5. The lowest BCUT2D eigenvalue weighted by molar-refractivity contribution is -0.137. The Bertz CT molecular complexity index is 1020. The minimum absolute atomic E-state index is 0.187. The highest BCUT2D eigenvalue weighted by Crippen LogP contribution is 2.34. The summed E-state index contributed by atoms with van der Waals surface area (Å²) in [5.74, 6) is -0.752. The second kappa shape index (κ2) is 6.37. The molecule has 5 nitrogen and oxygen atoms in total. The summed E-state index contributed by atoms with van der Waals surface area (Å²) < 4.78 is 7.16. The number of aliphatic carboxylic acids is 1. The van der Waals surface area contributed by atoms with Gasteiger partial charge >= 0.3 is 5.97 Å². The van der Waals surface area contributed by atoms with E-state index in [1.807, 2.05) is 0 Å². The monoisotopic (exact) mass is 343 g/mol. The van der Waals surface area contributed by atoms with Crippen molar-refractivity contribution < 1.29 is 14.6 Å². The van der Waals surface area contributed by atoms with Crippen molar-refractivity contribution in [2.45, 2.75) is 6.54 Å². The number of carbonyl (C=O) groups is 1. The molecule has 0 aliphatic heterocycles. The Morgan fingerprint density at radius 2 is 2.00 bits per heavy atom. The van der Waals surface area contributed by atoms with Crippen LogP contribution in [0.15, 0.2) is 53.8 Å². The molecule has 1 heterocycles. The van der Waals surface area contributed by atoms with E-state index in [9.17, 15) is 14.7 Å². The van der Waals surface area contributed by atoms with Gasteiger partial charge in [0.15, 0.2) is 11.2 Å². The van der Waals surface area contributed by atoms with Gasteiger partial charge in [-0.1, -0.05) is 36.4 Å². The Labute approximate surface area is 142 Å². The van der Waals surface area contributed by atoms with E-state index < -0.39 is 5.97 Å². The summed E-state index contributed by atoms with van der Waals surface area (Å²) in [5, 5.41) is 10.4. The van der Waals surface area contributed by atoms with Crippen molar-refractivity contribution in [2.75, 3.05) is 6.61 Å². The van der Waals surface area contributed by atoms with Crippen LogP contribution in [0.3, 0.4) is 0 Å². The van der Waals surface area contributed by atoms with Crippen LogP contribution in [-0.4, -0.2) is 22.2 Å². The van der Waals surface area contributed by atoms with Crippen molar-refractivity contribution in [2.24, 2.45) is 0 Å². The quantitative estimate of drug-likeness (QED) is 0.569. The van der Waals surface area contributed by atoms with Gasteiger partial charge in [-0.2, -0.15) is 0 Å². The highest BCUT2D eigenvalue weighted by molar-refractivity contribution is 6.33. The molecule has 1 aromatic heterocycles. The number of aromatic nitrogens is 1. The molecule has 0 aliphatic carbocycles. The van der Waals surface area contributed by atoms with E-state index in [1.165, 1.54) is 0 Å². The molecular weight excluding hydrogens is 330 g/mol. The van der Waals surface area contributed by atoms with E-state index in [1.54, 1.807) is 47.0 Å². The van der Waals surface area contributed by atoms with Crippen LogP contribution >= 0.6 is 11.6 Å². The van der Waals surface area contributed by atoms with Crippen LogP contribution in [0.25, 0.3) is 21.8 Å². The van der Waals surface area contributed by atoms with Gasteiger partial charge in [-0.25, -0.2) is 0 Å². The molecule has 0 atom stereocenters. The van der Waals surface area contributed by atoms with E-state index >= 15 is 0 Å². The molecule has 0 fully saturated rings. The van der Waals surface area contributed by atoms with Gasteiger partial charge in [-0.15, -0.1) is 0 Å². The Kier molecular flexibility index (Phi) is 4.27. The SMILES string of the molecule is C=CCOc1c(Cl)ccc2c(=O)c3ccccc3n(CC(=O)O)c12. The summed E-state index contributed by atoms with van der Waals surface area (Å²) in [6.45, 7) is 3.46. The van der Waals surface area contributed by atoms with Gasteiger partial charge in [-0.3, -0.25) is 9.59 Å². The Morgan fingerprint density at radius 3 is 2.71 bits per heavy atom. The highest BCUT2D eigenvalue weighted by Gasteiger charge is 2.18. The molecule has 0 spiro atoms. The third kappa shape index (κ3) is 2.63. The number of ether oxygens (including phenoxy) is 1. The van der Waals surface area contributed by atoms with Crippen molar-refractivity contribution in [1.82, 2.24) is 4.57 Å². The minimum Gasteiger partial charge on any atom is -0.486 e. The molecule has 0 aliphatic rings. The molecule has 3 aromatic rings. The summed E-state index contributed by atoms with van der Waals surface area (Å²) in [7, 11) is 0. The zero-order valence-corrected chi connectivity index (χ0v) is 13.4. The topological polar surface area (TPSA) is 68.5 Å². The third-order valence-electron chi connectivity index (χ3n) is 3.68. The number of halogens is 1. The van der Waals surface area contributed by atoms with Crippen LogP contribution in [0, 0.1) is 0 Å². The summed E-state index contributed by atoms with van der Waals surface area (Å²) in [6.07, 6.45) is 1.55. The fourth-order valence-electron chi connectivity index (χ4n) is 2.74. The second-order valence-electron chi connectivity index (χ2n) is 5.20. The maximum Gasteiger partial charge on any atom is 0.323 e. The van der Waals surface area contributed by atoms with E-state index in [4.69, 9.17) is 16.3 Å². The van der Waals surface area contributed by atoms with Crippen molar-refractivity contribution in [1.29, 1.82) is 0 Å². The molecule has 1 N–H and O–H groups in total. The van der Waals surface area contributed by atoms with Crippen molar-refractivity contribution >= 4 is 39.4 Å². The standard InChI is InChI=1S/C18H14ClNO4/c1-2-9-24-18-13(19)8-7-12-16(18)20(10-15(21)22)14-6-4-3-5-11(14)17(12)23/h2-8H,1,9-10H2,(H,21,22). The molecule has 0 radical (unpaired) electrons. The maximum atomic E-state index is 12.8. The average molecular weight is 344 g/mol. The van der Waals surface area contributed by atoms with Gasteiger partial charge in [0.05, 0.1) is 21.4 Å². The Morgan fingerprint density at radius 1 is 1.25 bits per heavy atom. The first-order valence-electron chi connectivity index (χ1n) is 7.24. The Hall–Kier alpha value is -2.79. The number of nitrogens with zero attached hydrogens (tertiary/aromatic N) is 1. The zero-order chi connectivity index (χ0) is 17.3. The molecule has 2 aromatic carbocycles. The summed E-state index contributed by atoms with van der Waals surface area (Å²) in [4.78, 5) is 24.1. The smallest absolute Gasteiger partial charge is 0.323 e. The molecule has 0 amide bonds. The van der Waals surface area contributed by atoms with E-state index in [2.05, 4.69) is 6.58 Å². The molecule has 0 saturated carbocycles. The van der Waals surface area contributed by atoms with Crippen molar-refractivity contribution in [3.05, 3.63) is 64.3 Å². The fraction of sp³-hybridized carbons (Fsp3) is 0.111. The lowest BCUT2D eigenvalue weighted by Crippen LogP contribution is -2.17.